The lowest BCUT2D eigenvalue weighted by molar-refractivity contribution is 0.630. The van der Waals surface area contributed by atoms with E-state index in [1.54, 1.807) is 12.1 Å². The van der Waals surface area contributed by atoms with E-state index in [0.29, 0.717) is 15.5 Å². The number of benzene rings is 1. The van der Waals surface area contributed by atoms with Gasteiger partial charge in [0.1, 0.15) is 5.15 Å². The Morgan fingerprint density at radius 3 is 2.63 bits per heavy atom. The molecular weight excluding hydrogens is 354 g/mol. The molecule has 0 amide bonds. The van der Waals surface area contributed by atoms with Crippen molar-refractivity contribution in [3.8, 4) is 11.4 Å². The molecule has 0 radical (unpaired) electrons. The van der Waals surface area contributed by atoms with Crippen molar-refractivity contribution in [2.75, 3.05) is 0 Å². The summed E-state index contributed by atoms with van der Waals surface area (Å²) in [5.41, 5.74) is 1.11. The van der Waals surface area contributed by atoms with Crippen LogP contribution in [-0.2, 0) is 0 Å². The van der Waals surface area contributed by atoms with E-state index >= 15 is 0 Å². The molecule has 0 N–H and O–H groups in total. The van der Waals surface area contributed by atoms with Gasteiger partial charge in [-0.2, -0.15) is 0 Å². The van der Waals surface area contributed by atoms with Gasteiger partial charge in [0, 0.05) is 5.92 Å². The van der Waals surface area contributed by atoms with Gasteiger partial charge >= 0.3 is 0 Å². The Labute approximate surface area is 128 Å². The highest BCUT2D eigenvalue weighted by molar-refractivity contribution is 9.10. The van der Waals surface area contributed by atoms with E-state index in [-0.39, 0.29) is 16.4 Å². The molecule has 0 spiro atoms. The summed E-state index contributed by atoms with van der Waals surface area (Å²) >= 11 is 15.2. The number of aromatic nitrogens is 2. The van der Waals surface area contributed by atoms with Gasteiger partial charge in [-0.1, -0.05) is 29.3 Å². The van der Waals surface area contributed by atoms with Gasteiger partial charge in [0.25, 0.3) is 0 Å². The topological polar surface area (TPSA) is 25.8 Å². The monoisotopic (exact) mass is 360 g/mol. The zero-order chi connectivity index (χ0) is 13.6. The van der Waals surface area contributed by atoms with Crippen LogP contribution >= 0.6 is 39.1 Å². The Balaban J connectivity index is 2.17. The van der Waals surface area contributed by atoms with E-state index in [1.807, 2.05) is 0 Å². The Bertz CT molecular complexity index is 659. The molecule has 1 heterocycles. The molecule has 1 aliphatic rings. The smallest absolute Gasteiger partial charge is 0.164 e. The minimum Gasteiger partial charge on any atom is -0.231 e. The predicted molar refractivity (Wildman–Crippen MR) is 77.1 cm³/mol. The van der Waals surface area contributed by atoms with Gasteiger partial charge in [-0.15, -0.1) is 0 Å². The number of hydrogen-bond acceptors (Lipinski definition) is 2. The maximum atomic E-state index is 14.0. The molecule has 0 atom stereocenters. The number of nitrogens with zero attached hydrogens (tertiary/aromatic N) is 2. The van der Waals surface area contributed by atoms with Gasteiger partial charge < -0.3 is 0 Å². The first kappa shape index (κ1) is 13.3. The van der Waals surface area contributed by atoms with Gasteiger partial charge in [-0.3, -0.25) is 0 Å². The highest BCUT2D eigenvalue weighted by atomic mass is 79.9. The fourth-order valence-corrected chi connectivity index (χ4v) is 2.71. The van der Waals surface area contributed by atoms with Crippen molar-refractivity contribution < 1.29 is 4.39 Å². The van der Waals surface area contributed by atoms with Crippen LogP contribution in [0.5, 0.6) is 0 Å². The predicted octanol–water partition coefficient (Wildman–Crippen LogP) is 5.23. The molecule has 0 bridgehead atoms. The third-order valence-corrected chi connectivity index (χ3v) is 4.57. The van der Waals surface area contributed by atoms with Crippen LogP contribution < -0.4 is 0 Å². The molecule has 1 aliphatic carbocycles. The van der Waals surface area contributed by atoms with Crippen molar-refractivity contribution >= 4 is 39.1 Å². The average Bonchev–Trinajstić information content (AvgIpc) is 3.20. The summed E-state index contributed by atoms with van der Waals surface area (Å²) < 4.78 is 14.7. The average molecular weight is 362 g/mol. The lowest BCUT2D eigenvalue weighted by atomic mass is 10.2. The SMILES string of the molecule is Fc1c(Cl)cccc1-c1nc(Cl)c(Br)c(C2CC2)n1. The van der Waals surface area contributed by atoms with Crippen LogP contribution in [0.3, 0.4) is 0 Å². The Hall–Kier alpha value is -0.710. The second-order valence-corrected chi connectivity index (χ2v) is 5.97. The second-order valence-electron chi connectivity index (χ2n) is 4.41. The Kier molecular flexibility index (Phi) is 3.50. The summed E-state index contributed by atoms with van der Waals surface area (Å²) in [4.78, 5) is 8.55. The highest BCUT2D eigenvalue weighted by Crippen LogP contribution is 2.44. The second kappa shape index (κ2) is 5.00. The molecule has 2 nitrogen and oxygen atoms in total. The molecule has 0 saturated heterocycles. The van der Waals surface area contributed by atoms with Crippen LogP contribution in [0.4, 0.5) is 4.39 Å². The van der Waals surface area contributed by atoms with Crippen molar-refractivity contribution in [3.63, 3.8) is 0 Å². The van der Waals surface area contributed by atoms with Gasteiger partial charge in [0.05, 0.1) is 20.8 Å². The van der Waals surface area contributed by atoms with Crippen molar-refractivity contribution in [1.82, 2.24) is 9.97 Å². The highest BCUT2D eigenvalue weighted by Gasteiger charge is 2.29. The molecular formula is C13H8BrCl2FN2. The van der Waals surface area contributed by atoms with Crippen molar-refractivity contribution in [2.24, 2.45) is 0 Å². The molecule has 0 unspecified atom stereocenters. The zero-order valence-electron chi connectivity index (χ0n) is 9.63. The first-order chi connectivity index (χ1) is 9.08. The van der Waals surface area contributed by atoms with E-state index in [0.717, 1.165) is 18.5 Å². The lowest BCUT2D eigenvalue weighted by Gasteiger charge is -2.08. The maximum Gasteiger partial charge on any atom is 0.164 e. The van der Waals surface area contributed by atoms with Gasteiger partial charge in [0.15, 0.2) is 11.6 Å². The zero-order valence-corrected chi connectivity index (χ0v) is 12.7. The van der Waals surface area contributed by atoms with E-state index in [1.165, 1.54) is 6.07 Å². The summed E-state index contributed by atoms with van der Waals surface area (Å²) in [6.45, 7) is 0. The number of rotatable bonds is 2. The van der Waals surface area contributed by atoms with Crippen LogP contribution in [0.2, 0.25) is 10.2 Å². The molecule has 1 aromatic carbocycles. The summed E-state index contributed by atoms with van der Waals surface area (Å²) in [6, 6.07) is 4.75. The molecule has 2 aromatic rings. The number of halogens is 4. The molecule has 1 saturated carbocycles. The Morgan fingerprint density at radius 1 is 1.21 bits per heavy atom. The Morgan fingerprint density at radius 2 is 1.95 bits per heavy atom. The van der Waals surface area contributed by atoms with E-state index < -0.39 is 5.82 Å². The normalized spacial score (nSPS) is 14.7. The van der Waals surface area contributed by atoms with E-state index in [2.05, 4.69) is 25.9 Å². The van der Waals surface area contributed by atoms with Crippen LogP contribution in [0.25, 0.3) is 11.4 Å². The third-order valence-electron chi connectivity index (χ3n) is 2.99. The first-order valence-electron chi connectivity index (χ1n) is 5.75. The quantitative estimate of drug-likeness (QED) is 0.684. The molecule has 6 heteroatoms. The first-order valence-corrected chi connectivity index (χ1v) is 7.30. The van der Waals surface area contributed by atoms with Crippen molar-refractivity contribution in [2.45, 2.75) is 18.8 Å². The standard InChI is InChI=1S/C13H8BrCl2FN2/c14-9-11(6-4-5-6)18-13(19-12(9)16)7-2-1-3-8(15)10(7)17/h1-3,6H,4-5H2. The van der Waals surface area contributed by atoms with E-state index in [9.17, 15) is 4.39 Å². The summed E-state index contributed by atoms with van der Waals surface area (Å²) in [5, 5.41) is 0.347. The van der Waals surface area contributed by atoms with Gasteiger partial charge in [-0.05, 0) is 40.9 Å². The van der Waals surface area contributed by atoms with Crippen LogP contribution in [-0.4, -0.2) is 9.97 Å². The van der Waals surface area contributed by atoms with Crippen LogP contribution in [0, 0.1) is 5.82 Å². The van der Waals surface area contributed by atoms with Gasteiger partial charge in [0.2, 0.25) is 0 Å². The van der Waals surface area contributed by atoms with Crippen molar-refractivity contribution in [3.05, 3.63) is 44.4 Å². The summed E-state index contributed by atoms with van der Waals surface area (Å²) in [7, 11) is 0. The fourth-order valence-electron chi connectivity index (χ4n) is 1.86. The maximum absolute atomic E-state index is 14.0. The van der Waals surface area contributed by atoms with Gasteiger partial charge in [-0.25, -0.2) is 14.4 Å². The van der Waals surface area contributed by atoms with Crippen molar-refractivity contribution in [1.29, 1.82) is 0 Å². The third kappa shape index (κ3) is 2.49. The minimum absolute atomic E-state index is 0.0492. The fraction of sp³-hybridized carbons (Fsp3) is 0.231. The summed E-state index contributed by atoms with van der Waals surface area (Å²) in [6.07, 6.45) is 2.15. The molecule has 98 valence electrons. The molecule has 3 rings (SSSR count). The van der Waals surface area contributed by atoms with Crippen LogP contribution in [0.1, 0.15) is 24.5 Å². The largest absolute Gasteiger partial charge is 0.231 e. The minimum atomic E-state index is -0.524. The van der Waals surface area contributed by atoms with Crippen LogP contribution in [0.15, 0.2) is 22.7 Å². The molecule has 1 aromatic heterocycles. The number of hydrogen-bond donors (Lipinski definition) is 0. The molecule has 1 fully saturated rings. The van der Waals surface area contributed by atoms with E-state index in [4.69, 9.17) is 23.2 Å². The lowest BCUT2D eigenvalue weighted by Crippen LogP contribution is -1.99. The molecule has 0 aliphatic heterocycles. The molecule has 19 heavy (non-hydrogen) atoms. The summed E-state index contributed by atoms with van der Waals surface area (Å²) in [5.74, 6) is 0.135.